The fourth-order valence-corrected chi connectivity index (χ4v) is 3.24. The Morgan fingerprint density at radius 2 is 1.81 bits per heavy atom. The summed E-state index contributed by atoms with van der Waals surface area (Å²) in [6.07, 6.45) is 2.07. The zero-order valence-corrected chi connectivity index (χ0v) is 18.2. The molecule has 0 aliphatic carbocycles. The first kappa shape index (κ1) is 24.4. The Morgan fingerprint density at radius 3 is 2.38 bits per heavy atom. The van der Waals surface area contributed by atoms with Crippen LogP contribution in [-0.4, -0.2) is 62.6 Å². The quantitative estimate of drug-likeness (QED) is 0.290. The number of anilines is 1. The third kappa shape index (κ3) is 5.85. The molecule has 1 fully saturated rings. The van der Waals surface area contributed by atoms with Gasteiger partial charge in [0.15, 0.2) is 0 Å². The average Bonchev–Trinajstić information content (AvgIpc) is 2.83. The van der Waals surface area contributed by atoms with E-state index in [-0.39, 0.29) is 34.3 Å². The number of esters is 3. The number of methoxy groups -OCH3 is 2. The number of rotatable bonds is 7. The molecule has 0 unspecified atom stereocenters. The number of nitrogens with one attached hydrogen (secondary N) is 1. The summed E-state index contributed by atoms with van der Waals surface area (Å²) in [6.45, 7) is 2.66. The highest BCUT2D eigenvalue weighted by atomic mass is 16.5. The number of ether oxygens (including phenoxy) is 3. The number of nitrogens with zero attached hydrogens (tertiary/aromatic N) is 2. The van der Waals surface area contributed by atoms with Gasteiger partial charge in [-0.05, 0) is 38.0 Å². The minimum absolute atomic E-state index is 0.108. The number of likely N-dealkylation sites (tertiary alicyclic amines) is 1. The van der Waals surface area contributed by atoms with Crippen molar-refractivity contribution in [2.24, 2.45) is 5.92 Å². The first-order chi connectivity index (χ1) is 15.4. The maximum Gasteiger partial charge on any atom is 0.339 e. The molecule has 1 heterocycles. The smallest absolute Gasteiger partial charge is 0.339 e. The molecule has 10 heteroatoms. The van der Waals surface area contributed by atoms with E-state index in [0.29, 0.717) is 32.5 Å². The van der Waals surface area contributed by atoms with Gasteiger partial charge in [-0.2, -0.15) is 5.26 Å². The summed E-state index contributed by atoms with van der Waals surface area (Å²) in [5.74, 6) is -2.34. The Balaban J connectivity index is 2.18. The van der Waals surface area contributed by atoms with Gasteiger partial charge in [0.25, 0.3) is 5.91 Å². The largest absolute Gasteiger partial charge is 0.466 e. The van der Waals surface area contributed by atoms with Crippen LogP contribution in [0.2, 0.25) is 0 Å². The monoisotopic (exact) mass is 443 g/mol. The molecule has 1 saturated heterocycles. The molecule has 2 rings (SSSR count). The van der Waals surface area contributed by atoms with Gasteiger partial charge >= 0.3 is 17.9 Å². The molecular formula is C22H25N3O7. The molecule has 1 amide bonds. The highest BCUT2D eigenvalue weighted by Crippen LogP contribution is 2.22. The van der Waals surface area contributed by atoms with Crippen molar-refractivity contribution in [1.29, 1.82) is 5.26 Å². The summed E-state index contributed by atoms with van der Waals surface area (Å²) < 4.78 is 14.4. The molecule has 1 aliphatic rings. The molecule has 1 aromatic rings. The van der Waals surface area contributed by atoms with Crippen molar-refractivity contribution in [3.8, 4) is 6.07 Å². The van der Waals surface area contributed by atoms with E-state index in [2.05, 4.69) is 10.1 Å². The number of piperidine rings is 1. The molecular weight excluding hydrogens is 418 g/mol. The van der Waals surface area contributed by atoms with Crippen molar-refractivity contribution in [3.05, 3.63) is 41.1 Å². The van der Waals surface area contributed by atoms with Gasteiger partial charge in [-0.3, -0.25) is 9.59 Å². The molecule has 1 aliphatic heterocycles. The van der Waals surface area contributed by atoms with Gasteiger partial charge < -0.3 is 24.4 Å². The highest BCUT2D eigenvalue weighted by Gasteiger charge is 2.29. The van der Waals surface area contributed by atoms with Crippen LogP contribution < -0.4 is 5.32 Å². The van der Waals surface area contributed by atoms with Crippen LogP contribution in [0.4, 0.5) is 5.69 Å². The number of benzene rings is 1. The number of amides is 1. The van der Waals surface area contributed by atoms with Gasteiger partial charge in [0.1, 0.15) is 11.6 Å². The second kappa shape index (κ2) is 11.5. The van der Waals surface area contributed by atoms with Crippen molar-refractivity contribution in [2.45, 2.75) is 19.8 Å². The van der Waals surface area contributed by atoms with E-state index in [1.165, 1.54) is 43.5 Å². The molecule has 0 radical (unpaired) electrons. The molecule has 10 nitrogen and oxygen atoms in total. The highest BCUT2D eigenvalue weighted by molar-refractivity contribution is 6.00. The van der Waals surface area contributed by atoms with Crippen LogP contribution in [0.1, 0.15) is 40.5 Å². The lowest BCUT2D eigenvalue weighted by Crippen LogP contribution is -2.41. The SMILES string of the molecule is CCOC(=O)C1CCN(C(=O)/C(C#N)=C\Nc2cc(C(=O)OC)ccc2C(=O)OC)CC1. The number of carbonyl (C=O) groups excluding carboxylic acids is 4. The summed E-state index contributed by atoms with van der Waals surface area (Å²) in [5, 5.41) is 12.2. The fourth-order valence-electron chi connectivity index (χ4n) is 3.24. The number of hydrogen-bond donors (Lipinski definition) is 1. The molecule has 1 N–H and O–H groups in total. The second-order valence-corrected chi connectivity index (χ2v) is 6.88. The Morgan fingerprint density at radius 1 is 1.16 bits per heavy atom. The maximum absolute atomic E-state index is 12.8. The predicted molar refractivity (Wildman–Crippen MR) is 112 cm³/mol. The van der Waals surface area contributed by atoms with Crippen LogP contribution in [0.25, 0.3) is 0 Å². The van der Waals surface area contributed by atoms with Gasteiger partial charge in [0.05, 0.1) is 43.6 Å². The van der Waals surface area contributed by atoms with Crippen LogP contribution in [-0.2, 0) is 23.8 Å². The van der Waals surface area contributed by atoms with Gasteiger partial charge in [-0.1, -0.05) is 0 Å². The van der Waals surface area contributed by atoms with Crippen molar-refractivity contribution in [3.63, 3.8) is 0 Å². The van der Waals surface area contributed by atoms with E-state index in [1.807, 2.05) is 6.07 Å². The topological polar surface area (TPSA) is 135 Å². The van der Waals surface area contributed by atoms with E-state index in [9.17, 15) is 24.4 Å². The lowest BCUT2D eigenvalue weighted by atomic mass is 9.96. The Labute approximate surface area is 185 Å². The van der Waals surface area contributed by atoms with Crippen molar-refractivity contribution >= 4 is 29.5 Å². The Kier molecular flexibility index (Phi) is 8.77. The normalized spacial score (nSPS) is 14.2. The van der Waals surface area contributed by atoms with Gasteiger partial charge in [-0.15, -0.1) is 0 Å². The molecule has 0 spiro atoms. The average molecular weight is 443 g/mol. The standard InChI is InChI=1S/C22H25N3O7/c1-4-32-21(28)14-7-9-25(10-8-14)19(26)16(12-23)13-24-18-11-15(20(27)30-2)5-6-17(18)22(29)31-3/h5-6,11,13-14,24H,4,7-10H2,1-3H3/b16-13-. The second-order valence-electron chi connectivity index (χ2n) is 6.88. The zero-order valence-electron chi connectivity index (χ0n) is 18.2. The third-order valence-electron chi connectivity index (χ3n) is 4.97. The predicted octanol–water partition coefficient (Wildman–Crippen LogP) is 1.88. The van der Waals surface area contributed by atoms with Crippen molar-refractivity contribution < 1.29 is 33.4 Å². The summed E-state index contributed by atoms with van der Waals surface area (Å²) in [5.41, 5.74) is 0.249. The molecule has 0 saturated carbocycles. The molecule has 0 bridgehead atoms. The molecule has 170 valence electrons. The molecule has 0 atom stereocenters. The van der Waals surface area contributed by atoms with Crippen LogP contribution in [0.3, 0.4) is 0 Å². The van der Waals surface area contributed by atoms with Gasteiger partial charge in [-0.25, -0.2) is 9.59 Å². The maximum atomic E-state index is 12.8. The Bertz CT molecular complexity index is 957. The van der Waals surface area contributed by atoms with E-state index < -0.39 is 17.8 Å². The summed E-state index contributed by atoms with van der Waals surface area (Å²) >= 11 is 0. The molecule has 32 heavy (non-hydrogen) atoms. The minimum Gasteiger partial charge on any atom is -0.466 e. The number of nitriles is 1. The number of carbonyl (C=O) groups is 4. The fraction of sp³-hybridized carbons (Fsp3) is 0.409. The summed E-state index contributed by atoms with van der Waals surface area (Å²) in [6, 6.07) is 5.98. The third-order valence-corrected chi connectivity index (χ3v) is 4.97. The number of hydrogen-bond acceptors (Lipinski definition) is 9. The van der Waals surface area contributed by atoms with E-state index >= 15 is 0 Å². The van der Waals surface area contributed by atoms with Crippen molar-refractivity contribution in [2.75, 3.05) is 39.2 Å². The van der Waals surface area contributed by atoms with E-state index in [1.54, 1.807) is 6.92 Å². The van der Waals surface area contributed by atoms with Crippen LogP contribution >= 0.6 is 0 Å². The molecule has 0 aromatic heterocycles. The van der Waals surface area contributed by atoms with Crippen molar-refractivity contribution in [1.82, 2.24) is 4.90 Å². The molecule has 1 aromatic carbocycles. The van der Waals surface area contributed by atoms with Crippen LogP contribution in [0.15, 0.2) is 30.0 Å². The zero-order chi connectivity index (χ0) is 23.7. The summed E-state index contributed by atoms with van der Waals surface area (Å²) in [7, 11) is 2.43. The van der Waals surface area contributed by atoms with E-state index in [0.717, 1.165) is 0 Å². The van der Waals surface area contributed by atoms with Gasteiger partial charge in [0.2, 0.25) is 0 Å². The minimum atomic E-state index is -0.664. The lowest BCUT2D eigenvalue weighted by Gasteiger charge is -2.30. The summed E-state index contributed by atoms with van der Waals surface area (Å²) in [4.78, 5) is 50.0. The Hall–Kier alpha value is -3.87. The first-order valence-electron chi connectivity index (χ1n) is 9.99. The first-order valence-corrected chi connectivity index (χ1v) is 9.99. The van der Waals surface area contributed by atoms with Gasteiger partial charge in [0, 0.05) is 19.3 Å². The lowest BCUT2D eigenvalue weighted by molar-refractivity contribution is -0.150. The van der Waals surface area contributed by atoms with E-state index in [4.69, 9.17) is 9.47 Å². The van der Waals surface area contributed by atoms with Crippen LogP contribution in [0.5, 0.6) is 0 Å². The van der Waals surface area contributed by atoms with Crippen LogP contribution in [0, 0.1) is 17.2 Å².